The van der Waals surface area contributed by atoms with Crippen molar-refractivity contribution >= 4 is 33.8 Å². The molecule has 1 amide bonds. The molecule has 28 heavy (non-hydrogen) atoms. The van der Waals surface area contributed by atoms with Crippen LogP contribution < -0.4 is 21.2 Å². The van der Waals surface area contributed by atoms with E-state index in [-0.39, 0.29) is 27.3 Å². The summed E-state index contributed by atoms with van der Waals surface area (Å²) < 4.78 is 10.7. The molecule has 0 aliphatic carbocycles. The van der Waals surface area contributed by atoms with Crippen molar-refractivity contribution in [2.24, 2.45) is 0 Å². The average molecular weight is 580 g/mol. The molecule has 0 spiro atoms. The summed E-state index contributed by atoms with van der Waals surface area (Å²) in [5.74, 6) is 0. The van der Waals surface area contributed by atoms with Gasteiger partial charge in [-0.3, -0.25) is 0 Å². The summed E-state index contributed by atoms with van der Waals surface area (Å²) in [7, 11) is 2.21. The minimum absolute atomic E-state index is 0.108. The second-order valence-electron chi connectivity index (χ2n) is 8.20. The van der Waals surface area contributed by atoms with E-state index in [1.165, 1.54) is 20.0 Å². The number of aryl methyl sites for hydroxylation is 1. The van der Waals surface area contributed by atoms with Crippen LogP contribution in [0.4, 0.5) is 4.79 Å². The third-order valence-corrected chi connectivity index (χ3v) is 10.1. The van der Waals surface area contributed by atoms with Gasteiger partial charge in [0.15, 0.2) is 0 Å². The van der Waals surface area contributed by atoms with Crippen molar-refractivity contribution in [3.8, 4) is 0 Å². The molecular formula is C21H29BrIN2O2S-. The van der Waals surface area contributed by atoms with Gasteiger partial charge in [0, 0.05) is 0 Å². The fourth-order valence-corrected chi connectivity index (χ4v) is 8.75. The van der Waals surface area contributed by atoms with Gasteiger partial charge in [0.1, 0.15) is 0 Å². The van der Waals surface area contributed by atoms with Crippen LogP contribution in [0.25, 0.3) is 0 Å². The van der Waals surface area contributed by atoms with E-state index in [1.807, 2.05) is 37.4 Å². The van der Waals surface area contributed by atoms with Crippen LogP contribution in [0.2, 0.25) is 0 Å². The maximum absolute atomic E-state index is 12.3. The maximum atomic E-state index is 12.3. The van der Waals surface area contributed by atoms with Gasteiger partial charge < -0.3 is 0 Å². The number of hydrogen-bond donors (Lipinski definition) is 0. The molecular weight excluding hydrogens is 551 g/mol. The summed E-state index contributed by atoms with van der Waals surface area (Å²) in [5, 5.41) is 1.37. The van der Waals surface area contributed by atoms with E-state index in [9.17, 15) is 4.79 Å². The van der Waals surface area contributed by atoms with Gasteiger partial charge >= 0.3 is 193 Å². The Labute approximate surface area is 191 Å². The van der Waals surface area contributed by atoms with Gasteiger partial charge in [-0.25, -0.2) is 0 Å². The number of carbonyl (C=O) groups is 1. The second-order valence-corrected chi connectivity index (χ2v) is 12.5. The monoisotopic (exact) mass is 579 g/mol. The Balaban J connectivity index is 1.61. The fraction of sp³-hybridized carbons (Fsp3) is 0.571. The van der Waals surface area contributed by atoms with Crippen molar-refractivity contribution < 1.29 is 30.7 Å². The molecule has 1 saturated heterocycles. The molecule has 1 aromatic rings. The predicted octanol–water partition coefficient (Wildman–Crippen LogP) is 2.51. The fourth-order valence-electron chi connectivity index (χ4n) is 3.40. The molecule has 0 saturated carbocycles. The van der Waals surface area contributed by atoms with Crippen LogP contribution in [-0.2, 0) is 11.2 Å². The second kappa shape index (κ2) is 9.16. The summed E-state index contributed by atoms with van der Waals surface area (Å²) in [5.41, 5.74) is 1.05. The topological polar surface area (TPSA) is 32.8 Å². The zero-order valence-corrected chi connectivity index (χ0v) is 21.8. The molecule has 2 aliphatic heterocycles. The predicted molar refractivity (Wildman–Crippen MR) is 115 cm³/mol. The number of piperidine rings is 1. The van der Waals surface area contributed by atoms with E-state index in [0.717, 1.165) is 32.4 Å². The average Bonchev–Trinajstić information content (AvgIpc) is 2.65. The number of amides is 1. The van der Waals surface area contributed by atoms with Crippen LogP contribution in [-0.4, -0.2) is 47.7 Å². The van der Waals surface area contributed by atoms with E-state index < -0.39 is 5.60 Å². The molecule has 1 fully saturated rings. The Hall–Kier alpha value is -0.410. The molecule has 1 aromatic carbocycles. The van der Waals surface area contributed by atoms with Gasteiger partial charge in [-0.15, -0.1) is 0 Å². The van der Waals surface area contributed by atoms with Crippen molar-refractivity contribution in [1.29, 1.82) is 0 Å². The van der Waals surface area contributed by atoms with Gasteiger partial charge in [0.2, 0.25) is 0 Å². The Morgan fingerprint density at radius 3 is 2.64 bits per heavy atom. The first-order valence-electron chi connectivity index (χ1n) is 9.72. The van der Waals surface area contributed by atoms with Crippen LogP contribution >= 0.6 is 27.7 Å². The molecule has 0 aromatic heterocycles. The zero-order chi connectivity index (χ0) is 20.5. The third-order valence-electron chi connectivity index (χ3n) is 4.94. The number of carbonyl (C=O) groups excluding carboxylic acids is 1. The van der Waals surface area contributed by atoms with E-state index in [4.69, 9.17) is 4.74 Å². The molecule has 2 heterocycles. The molecule has 0 unspecified atom stereocenters. The van der Waals surface area contributed by atoms with Gasteiger partial charge in [-0.2, -0.15) is 0 Å². The quantitative estimate of drug-likeness (QED) is 0.515. The minimum atomic E-state index is -0.434. The molecule has 0 N–H and O–H groups in total. The number of likely N-dealkylation sites (tertiary alicyclic amines) is 1. The van der Waals surface area contributed by atoms with Crippen molar-refractivity contribution in [1.82, 2.24) is 9.80 Å². The Morgan fingerprint density at radius 2 is 2.04 bits per heavy atom. The Bertz CT molecular complexity index is 770. The van der Waals surface area contributed by atoms with Crippen LogP contribution in [0.1, 0.15) is 46.1 Å². The summed E-state index contributed by atoms with van der Waals surface area (Å²) >= 11 is 5.46. The standard InChI is InChI=1S/C21H29BrIN2O2S/c1-6-14-11-15(22)12-17-19(14)23-13-18(28-17)24(5)16-7-9-25(10-8-16)20(26)27-21(2,3)4/h11-13,16H,6-10H2,1-5H3/q-1. The van der Waals surface area contributed by atoms with Crippen molar-refractivity contribution in [3.63, 3.8) is 0 Å². The normalized spacial score (nSPS) is 18.1. The number of nitrogens with zero attached hydrogens (tertiary/aromatic N) is 2. The molecule has 0 bridgehead atoms. The van der Waals surface area contributed by atoms with Crippen LogP contribution in [0.5, 0.6) is 0 Å². The zero-order valence-electron chi connectivity index (χ0n) is 17.2. The van der Waals surface area contributed by atoms with E-state index in [1.54, 1.807) is 3.57 Å². The Morgan fingerprint density at radius 1 is 1.36 bits per heavy atom. The van der Waals surface area contributed by atoms with Crippen molar-refractivity contribution in [3.05, 3.63) is 34.9 Å². The SMILES string of the molecule is CCc1cc(Br)cc2c1[I-]C=C(N(C)C1CCN(C(=O)OC(C)(C)C)CC1)S2. The number of benzene rings is 1. The number of halogens is 2. The third kappa shape index (κ3) is 5.39. The molecule has 0 radical (unpaired) electrons. The molecule has 2 aliphatic rings. The van der Waals surface area contributed by atoms with Crippen LogP contribution in [0.3, 0.4) is 0 Å². The summed E-state index contributed by atoms with van der Waals surface area (Å²) in [4.78, 5) is 18.0. The van der Waals surface area contributed by atoms with Gasteiger partial charge in [0.05, 0.1) is 0 Å². The van der Waals surface area contributed by atoms with E-state index >= 15 is 0 Å². The molecule has 4 nitrogen and oxygen atoms in total. The molecule has 0 atom stereocenters. The summed E-state index contributed by atoms with van der Waals surface area (Å²) in [6.45, 7) is 9.52. The molecule has 156 valence electrons. The first-order valence-corrected chi connectivity index (χ1v) is 13.7. The number of ether oxygens (including phenoxy) is 1. The first-order chi connectivity index (χ1) is 13.2. The first kappa shape index (κ1) is 22.3. The summed E-state index contributed by atoms with van der Waals surface area (Å²) in [6.07, 6.45) is 2.87. The number of fused-ring (bicyclic) bond motifs is 1. The number of rotatable bonds is 3. The van der Waals surface area contributed by atoms with E-state index in [0.29, 0.717) is 6.04 Å². The summed E-state index contributed by atoms with van der Waals surface area (Å²) in [6, 6.07) is 5.01. The molecule has 7 heteroatoms. The number of hydrogen-bond acceptors (Lipinski definition) is 4. The van der Waals surface area contributed by atoms with Crippen molar-refractivity contribution in [2.75, 3.05) is 20.1 Å². The van der Waals surface area contributed by atoms with E-state index in [2.05, 4.69) is 51.0 Å². The number of thioether (sulfide) groups is 1. The van der Waals surface area contributed by atoms with Gasteiger partial charge in [-0.1, -0.05) is 0 Å². The van der Waals surface area contributed by atoms with Gasteiger partial charge in [-0.05, 0) is 0 Å². The van der Waals surface area contributed by atoms with Crippen molar-refractivity contribution in [2.45, 2.75) is 63.5 Å². The van der Waals surface area contributed by atoms with Crippen LogP contribution in [0.15, 0.2) is 30.6 Å². The Kier molecular flexibility index (Phi) is 7.29. The van der Waals surface area contributed by atoms with Gasteiger partial charge in [0.25, 0.3) is 0 Å². The molecule has 3 rings (SSSR count). The van der Waals surface area contributed by atoms with Crippen LogP contribution in [0, 0.1) is 3.57 Å².